The van der Waals surface area contributed by atoms with Gasteiger partial charge in [0.1, 0.15) is 0 Å². The molecule has 1 unspecified atom stereocenters. The second kappa shape index (κ2) is 7.33. The first-order valence-electron chi connectivity index (χ1n) is 7.40. The number of nitrogens with one attached hydrogen (secondary N) is 2. The van der Waals surface area contributed by atoms with Gasteiger partial charge < -0.3 is 20.1 Å². The Labute approximate surface area is 139 Å². The molecule has 3 rings (SSSR count). The van der Waals surface area contributed by atoms with E-state index in [0.717, 1.165) is 18.1 Å². The van der Waals surface area contributed by atoms with Gasteiger partial charge in [0, 0.05) is 25.4 Å². The summed E-state index contributed by atoms with van der Waals surface area (Å²) in [6.07, 6.45) is 2.60. The fraction of sp³-hybridized carbons (Fsp3) is 0.533. The quantitative estimate of drug-likeness (QED) is 0.651. The maximum atomic E-state index is 6.19. The van der Waals surface area contributed by atoms with Gasteiger partial charge in [0.2, 0.25) is 6.79 Å². The molecule has 0 spiro atoms. The van der Waals surface area contributed by atoms with Crippen molar-refractivity contribution in [2.24, 2.45) is 4.99 Å². The number of hydrogen-bond acceptors (Lipinski definition) is 4. The molecular weight excluding hydrogens is 322 g/mol. The standard InChI is InChI=1S/C15H20ClN3O2S/c1-17-15(19-8-11-3-2-4-22-11)18-7-10-5-12(16)14-13(6-10)20-9-21-14/h5-6,11H,2-4,7-9H2,1H3,(H2,17,18,19). The Hall–Kier alpha value is -1.27. The van der Waals surface area contributed by atoms with Crippen molar-refractivity contribution in [3.8, 4) is 11.5 Å². The molecule has 2 N–H and O–H groups in total. The van der Waals surface area contributed by atoms with Gasteiger partial charge in [0.25, 0.3) is 0 Å². The Balaban J connectivity index is 1.53. The van der Waals surface area contributed by atoms with Gasteiger partial charge >= 0.3 is 0 Å². The molecule has 1 fully saturated rings. The first-order valence-corrected chi connectivity index (χ1v) is 8.83. The molecule has 0 saturated carbocycles. The minimum Gasteiger partial charge on any atom is -0.454 e. The van der Waals surface area contributed by atoms with Gasteiger partial charge in [-0.2, -0.15) is 11.8 Å². The summed E-state index contributed by atoms with van der Waals surface area (Å²) in [7, 11) is 1.78. The summed E-state index contributed by atoms with van der Waals surface area (Å²) in [4.78, 5) is 4.26. The minimum absolute atomic E-state index is 0.230. The molecule has 0 aromatic heterocycles. The summed E-state index contributed by atoms with van der Waals surface area (Å²) >= 11 is 8.22. The Kier molecular flexibility index (Phi) is 5.20. The zero-order chi connectivity index (χ0) is 15.4. The lowest BCUT2D eigenvalue weighted by Crippen LogP contribution is -2.39. The van der Waals surface area contributed by atoms with Crippen molar-refractivity contribution in [3.63, 3.8) is 0 Å². The summed E-state index contributed by atoms with van der Waals surface area (Å²) in [5.74, 6) is 3.41. The summed E-state index contributed by atoms with van der Waals surface area (Å²) in [6.45, 7) is 1.81. The molecule has 2 aliphatic rings. The van der Waals surface area contributed by atoms with Crippen molar-refractivity contribution in [1.29, 1.82) is 0 Å². The van der Waals surface area contributed by atoms with Gasteiger partial charge in [-0.05, 0) is 36.3 Å². The maximum Gasteiger partial charge on any atom is 0.231 e. The molecule has 1 atom stereocenters. The maximum absolute atomic E-state index is 6.19. The largest absolute Gasteiger partial charge is 0.454 e. The van der Waals surface area contributed by atoms with Crippen molar-refractivity contribution in [2.75, 3.05) is 26.1 Å². The van der Waals surface area contributed by atoms with Crippen LogP contribution in [0.1, 0.15) is 18.4 Å². The minimum atomic E-state index is 0.230. The molecule has 0 radical (unpaired) electrons. The molecule has 5 nitrogen and oxygen atoms in total. The molecule has 2 aliphatic heterocycles. The van der Waals surface area contributed by atoms with Crippen LogP contribution in [0.15, 0.2) is 17.1 Å². The zero-order valence-corrected chi connectivity index (χ0v) is 14.1. The third-order valence-corrected chi connectivity index (χ3v) is 5.37. The Morgan fingerprint density at radius 3 is 3.09 bits per heavy atom. The lowest BCUT2D eigenvalue weighted by Gasteiger charge is -2.15. The van der Waals surface area contributed by atoms with Crippen LogP contribution in [0.4, 0.5) is 0 Å². The van der Waals surface area contributed by atoms with Gasteiger partial charge in [-0.15, -0.1) is 0 Å². The summed E-state index contributed by atoms with van der Waals surface area (Å²) in [5.41, 5.74) is 1.03. The SMILES string of the molecule is CN=C(NCc1cc(Cl)c2c(c1)OCO2)NCC1CCCS1. The lowest BCUT2D eigenvalue weighted by molar-refractivity contribution is 0.174. The van der Waals surface area contributed by atoms with Crippen molar-refractivity contribution < 1.29 is 9.47 Å². The van der Waals surface area contributed by atoms with Crippen molar-refractivity contribution in [1.82, 2.24) is 10.6 Å². The van der Waals surface area contributed by atoms with Crippen LogP contribution in [0.25, 0.3) is 0 Å². The Morgan fingerprint density at radius 2 is 2.32 bits per heavy atom. The summed E-state index contributed by atoms with van der Waals surface area (Å²) in [6, 6.07) is 3.84. The van der Waals surface area contributed by atoms with E-state index in [1.54, 1.807) is 7.05 Å². The smallest absolute Gasteiger partial charge is 0.231 e. The molecule has 22 heavy (non-hydrogen) atoms. The highest BCUT2D eigenvalue weighted by Gasteiger charge is 2.18. The van der Waals surface area contributed by atoms with Crippen molar-refractivity contribution in [2.45, 2.75) is 24.6 Å². The highest BCUT2D eigenvalue weighted by atomic mass is 35.5. The molecule has 0 aliphatic carbocycles. The predicted molar refractivity (Wildman–Crippen MR) is 91.3 cm³/mol. The number of benzene rings is 1. The number of thioether (sulfide) groups is 1. The van der Waals surface area contributed by atoms with Gasteiger partial charge in [-0.3, -0.25) is 4.99 Å². The Morgan fingerprint density at radius 1 is 1.41 bits per heavy atom. The first-order chi connectivity index (χ1) is 10.8. The third kappa shape index (κ3) is 3.73. The van der Waals surface area contributed by atoms with Crippen molar-refractivity contribution >= 4 is 29.3 Å². The number of aliphatic imine (C=N–C) groups is 1. The third-order valence-electron chi connectivity index (χ3n) is 3.69. The fourth-order valence-electron chi connectivity index (χ4n) is 2.55. The van der Waals surface area contributed by atoms with Crippen LogP contribution in [0.2, 0.25) is 5.02 Å². The molecule has 1 saturated heterocycles. The summed E-state index contributed by atoms with van der Waals surface area (Å²) < 4.78 is 10.7. The van der Waals surface area contributed by atoms with Gasteiger partial charge in [0.05, 0.1) is 5.02 Å². The van der Waals surface area contributed by atoms with E-state index in [1.807, 2.05) is 23.9 Å². The highest BCUT2D eigenvalue weighted by molar-refractivity contribution is 8.00. The van der Waals surface area contributed by atoms with Gasteiger partial charge in [0.15, 0.2) is 17.5 Å². The second-order valence-corrected chi connectivity index (χ2v) is 7.07. The first kappa shape index (κ1) is 15.6. The molecule has 0 amide bonds. The molecule has 120 valence electrons. The van der Waals surface area contributed by atoms with Gasteiger partial charge in [-0.25, -0.2) is 0 Å². The van der Waals surface area contributed by atoms with Crippen LogP contribution in [-0.2, 0) is 6.54 Å². The molecular formula is C15H20ClN3O2S. The van der Waals surface area contributed by atoms with E-state index in [-0.39, 0.29) is 6.79 Å². The molecule has 1 aromatic rings. The van der Waals surface area contributed by atoms with Gasteiger partial charge in [-0.1, -0.05) is 11.6 Å². The lowest BCUT2D eigenvalue weighted by atomic mass is 10.2. The average molecular weight is 342 g/mol. The van der Waals surface area contributed by atoms with E-state index in [2.05, 4.69) is 15.6 Å². The van der Waals surface area contributed by atoms with E-state index in [4.69, 9.17) is 21.1 Å². The number of ether oxygens (including phenoxy) is 2. The highest BCUT2D eigenvalue weighted by Crippen LogP contribution is 2.39. The topological polar surface area (TPSA) is 54.9 Å². The normalized spacial score (nSPS) is 20.3. The summed E-state index contributed by atoms with van der Waals surface area (Å²) in [5, 5.41) is 7.95. The van der Waals surface area contributed by atoms with Crippen LogP contribution in [-0.4, -0.2) is 37.3 Å². The van der Waals surface area contributed by atoms with E-state index < -0.39 is 0 Å². The number of rotatable bonds is 4. The molecule has 0 bridgehead atoms. The zero-order valence-electron chi connectivity index (χ0n) is 12.5. The molecule has 2 heterocycles. The van der Waals surface area contributed by atoms with E-state index in [9.17, 15) is 0 Å². The van der Waals surface area contributed by atoms with E-state index in [0.29, 0.717) is 28.3 Å². The number of halogens is 1. The van der Waals surface area contributed by atoms with Crippen LogP contribution in [0.3, 0.4) is 0 Å². The van der Waals surface area contributed by atoms with Crippen LogP contribution in [0.5, 0.6) is 11.5 Å². The van der Waals surface area contributed by atoms with Crippen molar-refractivity contribution in [3.05, 3.63) is 22.7 Å². The van der Waals surface area contributed by atoms with E-state index in [1.165, 1.54) is 18.6 Å². The number of guanidine groups is 1. The van der Waals surface area contributed by atoms with Crippen LogP contribution in [0, 0.1) is 0 Å². The van der Waals surface area contributed by atoms with Crippen LogP contribution < -0.4 is 20.1 Å². The molecule has 1 aromatic carbocycles. The molecule has 7 heteroatoms. The number of fused-ring (bicyclic) bond motifs is 1. The Bertz CT molecular complexity index is 562. The van der Waals surface area contributed by atoms with E-state index >= 15 is 0 Å². The number of hydrogen-bond donors (Lipinski definition) is 2. The monoisotopic (exact) mass is 341 g/mol. The predicted octanol–water partition coefficient (Wildman–Crippen LogP) is 2.63. The number of nitrogens with zero attached hydrogens (tertiary/aromatic N) is 1. The average Bonchev–Trinajstić information content (AvgIpc) is 3.18. The fourth-order valence-corrected chi connectivity index (χ4v) is 4.03. The van der Waals surface area contributed by atoms with Crippen LogP contribution >= 0.6 is 23.4 Å². The second-order valence-electron chi connectivity index (χ2n) is 5.25.